The van der Waals surface area contributed by atoms with E-state index in [1.165, 1.54) is 11.6 Å². The maximum absolute atomic E-state index is 13.4. The molecule has 0 spiro atoms. The zero-order valence-corrected chi connectivity index (χ0v) is 18.1. The molecule has 0 saturated carbocycles. The van der Waals surface area contributed by atoms with Gasteiger partial charge in [-0.25, -0.2) is 4.79 Å². The van der Waals surface area contributed by atoms with E-state index in [-0.39, 0.29) is 11.2 Å². The Labute approximate surface area is 184 Å². The van der Waals surface area contributed by atoms with E-state index < -0.39 is 6.10 Å². The standard InChI is InChI=1S/C25H22N4O3/c1-15-5-4-6-18(13-15)20-19-21(27(2)25(31)28(3)24(19)30)22-23(32-12-11-29(20)22)17-9-7-16(14-26)8-10-17/h4-10,13,23H,11-12H2,1-3H3/t23-/m0/s1. The molecule has 1 aliphatic heterocycles. The zero-order valence-electron chi connectivity index (χ0n) is 18.1. The first-order valence-electron chi connectivity index (χ1n) is 10.4. The van der Waals surface area contributed by atoms with Gasteiger partial charge < -0.3 is 9.30 Å². The minimum atomic E-state index is -0.463. The minimum Gasteiger partial charge on any atom is -0.365 e. The summed E-state index contributed by atoms with van der Waals surface area (Å²) in [6.07, 6.45) is -0.463. The van der Waals surface area contributed by atoms with Gasteiger partial charge in [-0.1, -0.05) is 35.9 Å². The summed E-state index contributed by atoms with van der Waals surface area (Å²) < 4.78 is 11.0. The van der Waals surface area contributed by atoms with Crippen molar-refractivity contribution < 1.29 is 4.74 Å². The quantitative estimate of drug-likeness (QED) is 0.493. The average Bonchev–Trinajstić information content (AvgIpc) is 3.17. The summed E-state index contributed by atoms with van der Waals surface area (Å²) in [4.78, 5) is 26.2. The van der Waals surface area contributed by atoms with E-state index in [0.717, 1.165) is 32.6 Å². The summed E-state index contributed by atoms with van der Waals surface area (Å²) >= 11 is 0. The van der Waals surface area contributed by atoms with Crippen LogP contribution >= 0.6 is 0 Å². The van der Waals surface area contributed by atoms with Crippen LogP contribution in [0.25, 0.3) is 22.2 Å². The lowest BCUT2D eigenvalue weighted by Crippen LogP contribution is -2.37. The first-order valence-corrected chi connectivity index (χ1v) is 10.4. The van der Waals surface area contributed by atoms with Crippen molar-refractivity contribution in [3.63, 3.8) is 0 Å². The summed E-state index contributed by atoms with van der Waals surface area (Å²) in [5, 5.41) is 9.67. The van der Waals surface area contributed by atoms with Gasteiger partial charge in [0.2, 0.25) is 0 Å². The number of fused-ring (bicyclic) bond motifs is 3. The van der Waals surface area contributed by atoms with E-state index >= 15 is 0 Å². The SMILES string of the molecule is Cc1cccc(-c2c3c(=O)n(C)c(=O)n(C)c3c3n2CCO[C@H]3c2ccc(C#N)cc2)c1. The first kappa shape index (κ1) is 20.0. The highest BCUT2D eigenvalue weighted by atomic mass is 16.5. The first-order chi connectivity index (χ1) is 15.4. The fourth-order valence-electron chi connectivity index (χ4n) is 4.66. The molecular weight excluding hydrogens is 404 g/mol. The third kappa shape index (κ3) is 2.84. The highest BCUT2D eigenvalue weighted by Crippen LogP contribution is 2.40. The average molecular weight is 426 g/mol. The fourth-order valence-corrected chi connectivity index (χ4v) is 4.66. The highest BCUT2D eigenvalue weighted by molar-refractivity contribution is 5.96. The molecule has 0 bridgehead atoms. The predicted octanol–water partition coefficient (Wildman–Crippen LogP) is 3.01. The van der Waals surface area contributed by atoms with Crippen LogP contribution in [0, 0.1) is 18.3 Å². The summed E-state index contributed by atoms with van der Waals surface area (Å²) in [5.41, 5.74) is 4.92. The normalized spacial score (nSPS) is 15.5. The lowest BCUT2D eigenvalue weighted by atomic mass is 10.0. The molecule has 0 unspecified atom stereocenters. The summed E-state index contributed by atoms with van der Waals surface area (Å²) in [6, 6.07) is 17.4. The fraction of sp³-hybridized carbons (Fsp3) is 0.240. The molecule has 5 rings (SSSR count). The smallest absolute Gasteiger partial charge is 0.331 e. The Morgan fingerprint density at radius 2 is 1.81 bits per heavy atom. The molecule has 0 N–H and O–H groups in total. The number of aromatic nitrogens is 3. The molecule has 4 aromatic rings. The maximum atomic E-state index is 13.4. The molecule has 2 aromatic carbocycles. The molecule has 7 nitrogen and oxygen atoms in total. The van der Waals surface area contributed by atoms with Crippen LogP contribution in [-0.2, 0) is 25.4 Å². The number of nitriles is 1. The van der Waals surface area contributed by atoms with Gasteiger partial charge in [0, 0.05) is 20.6 Å². The lowest BCUT2D eigenvalue weighted by molar-refractivity contribution is 0.0478. The number of ether oxygens (including phenoxy) is 1. The summed E-state index contributed by atoms with van der Waals surface area (Å²) in [5.74, 6) is 0. The molecule has 0 saturated heterocycles. The molecule has 0 radical (unpaired) electrons. The van der Waals surface area contributed by atoms with Gasteiger partial charge in [-0.15, -0.1) is 0 Å². The highest BCUT2D eigenvalue weighted by Gasteiger charge is 2.33. The zero-order chi connectivity index (χ0) is 22.6. The minimum absolute atomic E-state index is 0.319. The third-order valence-electron chi connectivity index (χ3n) is 6.19. The van der Waals surface area contributed by atoms with E-state index in [2.05, 4.69) is 16.7 Å². The molecule has 7 heteroatoms. The Morgan fingerprint density at radius 1 is 1.06 bits per heavy atom. The van der Waals surface area contributed by atoms with Crippen molar-refractivity contribution in [2.45, 2.75) is 19.6 Å². The van der Waals surface area contributed by atoms with Gasteiger partial charge in [0.1, 0.15) is 6.10 Å². The van der Waals surface area contributed by atoms with E-state index in [1.807, 2.05) is 37.3 Å². The van der Waals surface area contributed by atoms with Gasteiger partial charge in [0.15, 0.2) is 0 Å². The third-order valence-corrected chi connectivity index (χ3v) is 6.19. The monoisotopic (exact) mass is 426 g/mol. The molecular formula is C25H22N4O3. The largest absolute Gasteiger partial charge is 0.365 e. The van der Waals surface area contributed by atoms with E-state index in [9.17, 15) is 9.59 Å². The molecule has 0 amide bonds. The van der Waals surface area contributed by atoms with Crippen molar-refractivity contribution in [1.82, 2.24) is 13.7 Å². The Kier molecular flexibility index (Phi) is 4.61. The topological polar surface area (TPSA) is 81.9 Å². The molecule has 1 aliphatic rings. The molecule has 32 heavy (non-hydrogen) atoms. The van der Waals surface area contributed by atoms with Crippen LogP contribution in [0.5, 0.6) is 0 Å². The van der Waals surface area contributed by atoms with Crippen molar-refractivity contribution in [3.8, 4) is 17.3 Å². The predicted molar refractivity (Wildman–Crippen MR) is 122 cm³/mol. The Hall–Kier alpha value is -3.89. The van der Waals surface area contributed by atoms with Gasteiger partial charge >= 0.3 is 5.69 Å². The maximum Gasteiger partial charge on any atom is 0.331 e. The molecule has 0 aliphatic carbocycles. The van der Waals surface area contributed by atoms with Gasteiger partial charge in [-0.2, -0.15) is 5.26 Å². The van der Waals surface area contributed by atoms with Crippen LogP contribution in [-0.4, -0.2) is 20.3 Å². The molecule has 3 heterocycles. The number of benzene rings is 2. The summed E-state index contributed by atoms with van der Waals surface area (Å²) in [7, 11) is 3.20. The molecule has 160 valence electrons. The van der Waals surface area contributed by atoms with E-state index in [1.54, 1.807) is 19.2 Å². The van der Waals surface area contributed by atoms with Crippen LogP contribution in [0.3, 0.4) is 0 Å². The second-order valence-corrected chi connectivity index (χ2v) is 8.17. The Bertz CT molecular complexity index is 1530. The van der Waals surface area contributed by atoms with Gasteiger partial charge in [-0.05, 0) is 36.2 Å². The second-order valence-electron chi connectivity index (χ2n) is 8.17. The van der Waals surface area contributed by atoms with Crippen LogP contribution < -0.4 is 11.2 Å². The second kappa shape index (κ2) is 7.36. The van der Waals surface area contributed by atoms with Gasteiger partial charge in [0.25, 0.3) is 5.56 Å². The van der Waals surface area contributed by atoms with Gasteiger partial charge in [-0.3, -0.25) is 13.9 Å². The Balaban J connectivity index is 1.92. The van der Waals surface area contributed by atoms with E-state index in [4.69, 9.17) is 10.00 Å². The van der Waals surface area contributed by atoms with E-state index in [0.29, 0.717) is 29.6 Å². The number of hydrogen-bond donors (Lipinski definition) is 0. The van der Waals surface area contributed by atoms with Crippen LogP contribution in [0.15, 0.2) is 58.1 Å². The van der Waals surface area contributed by atoms with Crippen molar-refractivity contribution in [1.29, 1.82) is 5.26 Å². The number of aryl methyl sites for hydroxylation is 2. The molecule has 1 atom stereocenters. The van der Waals surface area contributed by atoms with Crippen molar-refractivity contribution in [2.75, 3.05) is 6.61 Å². The van der Waals surface area contributed by atoms with Crippen molar-refractivity contribution >= 4 is 10.9 Å². The van der Waals surface area contributed by atoms with Gasteiger partial charge in [0.05, 0.1) is 40.5 Å². The van der Waals surface area contributed by atoms with Crippen molar-refractivity contribution in [3.05, 3.63) is 91.8 Å². The van der Waals surface area contributed by atoms with Crippen LogP contribution in [0.4, 0.5) is 0 Å². The molecule has 0 fully saturated rings. The Morgan fingerprint density at radius 3 is 2.50 bits per heavy atom. The molecule has 2 aromatic heterocycles. The van der Waals surface area contributed by atoms with Crippen LogP contribution in [0.2, 0.25) is 0 Å². The van der Waals surface area contributed by atoms with Crippen molar-refractivity contribution in [2.24, 2.45) is 14.1 Å². The number of rotatable bonds is 2. The number of nitrogens with zero attached hydrogens (tertiary/aromatic N) is 4. The summed E-state index contributed by atoms with van der Waals surface area (Å²) in [6.45, 7) is 3.05. The lowest BCUT2D eigenvalue weighted by Gasteiger charge is -2.27. The number of hydrogen-bond acceptors (Lipinski definition) is 4. The van der Waals surface area contributed by atoms with Crippen LogP contribution in [0.1, 0.15) is 28.5 Å².